The van der Waals surface area contributed by atoms with Gasteiger partial charge >= 0.3 is 0 Å². The number of nitrogens with zero attached hydrogens (tertiary/aromatic N) is 5. The van der Waals surface area contributed by atoms with Crippen LogP contribution in [0.1, 0.15) is 55.7 Å². The second-order valence-electron chi connectivity index (χ2n) is 7.76. The third-order valence-electron chi connectivity index (χ3n) is 4.85. The van der Waals surface area contributed by atoms with Crippen molar-refractivity contribution >= 4 is 22.6 Å². The maximum absolute atomic E-state index is 13.3. The molecule has 1 aromatic carbocycles. The van der Waals surface area contributed by atoms with Gasteiger partial charge < -0.3 is 5.32 Å². The van der Waals surface area contributed by atoms with Gasteiger partial charge in [-0.15, -0.1) is 0 Å². The minimum absolute atomic E-state index is 0.0307. The van der Waals surface area contributed by atoms with Gasteiger partial charge in [-0.2, -0.15) is 10.2 Å². The van der Waals surface area contributed by atoms with Gasteiger partial charge in [-0.1, -0.05) is 13.8 Å². The third-order valence-corrected chi connectivity index (χ3v) is 4.85. The smallest absolute Gasteiger partial charge is 0.259 e. The predicted octanol–water partition coefficient (Wildman–Crippen LogP) is 4.71. The predicted molar refractivity (Wildman–Crippen MR) is 113 cm³/mol. The van der Waals surface area contributed by atoms with Crippen LogP contribution >= 0.6 is 0 Å². The SMILES string of the molecule is CC(C)c1c(C(=O)Nc2cnc3c(cnn3C(C)C)c2)cnn1-c1ccc(F)cc1. The highest BCUT2D eigenvalue weighted by molar-refractivity contribution is 6.05. The zero-order valence-corrected chi connectivity index (χ0v) is 17.3. The molecule has 8 heteroatoms. The van der Waals surface area contributed by atoms with Gasteiger partial charge in [-0.25, -0.2) is 18.7 Å². The minimum Gasteiger partial charge on any atom is -0.320 e. The molecule has 154 valence electrons. The maximum atomic E-state index is 13.3. The fraction of sp³-hybridized carbons (Fsp3) is 0.273. The number of hydrogen-bond donors (Lipinski definition) is 1. The van der Waals surface area contributed by atoms with E-state index in [1.807, 2.05) is 38.4 Å². The van der Waals surface area contributed by atoms with Gasteiger partial charge in [0.1, 0.15) is 5.82 Å². The molecule has 0 unspecified atom stereocenters. The zero-order valence-electron chi connectivity index (χ0n) is 17.3. The van der Waals surface area contributed by atoms with E-state index in [-0.39, 0.29) is 23.7 Å². The van der Waals surface area contributed by atoms with Gasteiger partial charge in [0.2, 0.25) is 0 Å². The van der Waals surface area contributed by atoms with E-state index in [2.05, 4.69) is 20.5 Å². The van der Waals surface area contributed by atoms with Crippen LogP contribution in [0.5, 0.6) is 0 Å². The van der Waals surface area contributed by atoms with Crippen molar-refractivity contribution in [1.29, 1.82) is 0 Å². The van der Waals surface area contributed by atoms with Crippen LogP contribution in [0.25, 0.3) is 16.7 Å². The number of carbonyl (C=O) groups is 1. The van der Waals surface area contributed by atoms with Crippen LogP contribution in [-0.2, 0) is 0 Å². The number of halogens is 1. The Balaban J connectivity index is 1.65. The molecule has 3 heterocycles. The van der Waals surface area contributed by atoms with E-state index in [1.54, 1.807) is 29.2 Å². The molecule has 0 saturated carbocycles. The first-order valence-corrected chi connectivity index (χ1v) is 9.83. The zero-order chi connectivity index (χ0) is 21.4. The van der Waals surface area contributed by atoms with E-state index in [1.165, 1.54) is 18.3 Å². The average molecular weight is 406 g/mol. The van der Waals surface area contributed by atoms with Crippen molar-refractivity contribution in [3.8, 4) is 5.69 Å². The van der Waals surface area contributed by atoms with Crippen molar-refractivity contribution in [3.05, 3.63) is 66.0 Å². The summed E-state index contributed by atoms with van der Waals surface area (Å²) in [7, 11) is 0. The van der Waals surface area contributed by atoms with Crippen LogP contribution in [0, 0.1) is 5.82 Å². The standard InChI is InChI=1S/C22H23FN6O/c1-13(2)20-19(12-26-29(20)18-7-5-16(23)6-8-18)22(30)27-17-9-15-10-25-28(14(3)4)21(15)24-11-17/h5-14H,1-4H3,(H,27,30). The molecule has 1 N–H and O–H groups in total. The van der Waals surface area contributed by atoms with Gasteiger partial charge in [0, 0.05) is 11.4 Å². The lowest BCUT2D eigenvalue weighted by molar-refractivity contribution is 0.102. The minimum atomic E-state index is -0.321. The maximum Gasteiger partial charge on any atom is 0.259 e. The molecule has 0 radical (unpaired) electrons. The number of hydrogen-bond acceptors (Lipinski definition) is 4. The Morgan fingerprint density at radius 2 is 1.77 bits per heavy atom. The fourth-order valence-corrected chi connectivity index (χ4v) is 3.46. The lowest BCUT2D eigenvalue weighted by atomic mass is 10.0. The van der Waals surface area contributed by atoms with E-state index < -0.39 is 0 Å². The van der Waals surface area contributed by atoms with Crippen LogP contribution in [0.2, 0.25) is 0 Å². The lowest BCUT2D eigenvalue weighted by Gasteiger charge is -2.13. The number of amides is 1. The van der Waals surface area contributed by atoms with Crippen LogP contribution in [0.3, 0.4) is 0 Å². The van der Waals surface area contributed by atoms with Crippen molar-refractivity contribution in [2.24, 2.45) is 0 Å². The molecular formula is C22H23FN6O. The van der Waals surface area contributed by atoms with Crippen molar-refractivity contribution in [2.75, 3.05) is 5.32 Å². The molecule has 0 saturated heterocycles. The lowest BCUT2D eigenvalue weighted by Crippen LogP contribution is -2.15. The number of anilines is 1. The number of fused-ring (bicyclic) bond motifs is 1. The highest BCUT2D eigenvalue weighted by Crippen LogP contribution is 2.25. The fourth-order valence-electron chi connectivity index (χ4n) is 3.46. The topological polar surface area (TPSA) is 77.6 Å². The first kappa shape index (κ1) is 19.8. The van der Waals surface area contributed by atoms with E-state index in [0.717, 1.165) is 16.7 Å². The number of pyridine rings is 1. The number of nitrogens with one attached hydrogen (secondary N) is 1. The van der Waals surface area contributed by atoms with Crippen molar-refractivity contribution < 1.29 is 9.18 Å². The molecule has 1 amide bonds. The molecule has 0 spiro atoms. The molecular weight excluding hydrogens is 383 g/mol. The molecule has 0 fully saturated rings. The van der Waals surface area contributed by atoms with Gasteiger partial charge in [0.05, 0.1) is 41.2 Å². The van der Waals surface area contributed by atoms with Crippen LogP contribution in [0.15, 0.2) is 48.9 Å². The Morgan fingerprint density at radius 1 is 1.03 bits per heavy atom. The number of rotatable bonds is 5. The summed E-state index contributed by atoms with van der Waals surface area (Å²) in [6.07, 6.45) is 4.90. The first-order valence-electron chi connectivity index (χ1n) is 9.83. The highest BCUT2D eigenvalue weighted by Gasteiger charge is 2.21. The second-order valence-corrected chi connectivity index (χ2v) is 7.76. The number of carbonyl (C=O) groups excluding carboxylic acids is 1. The van der Waals surface area contributed by atoms with Crippen molar-refractivity contribution in [3.63, 3.8) is 0 Å². The molecule has 0 bridgehead atoms. The summed E-state index contributed by atoms with van der Waals surface area (Å²) in [5, 5.41) is 12.5. The van der Waals surface area contributed by atoms with Gasteiger partial charge in [-0.3, -0.25) is 4.79 Å². The average Bonchev–Trinajstić information content (AvgIpc) is 3.33. The summed E-state index contributed by atoms with van der Waals surface area (Å²) in [5.41, 5.74) is 3.27. The summed E-state index contributed by atoms with van der Waals surface area (Å²) >= 11 is 0. The second kappa shape index (κ2) is 7.70. The molecule has 3 aromatic heterocycles. The van der Waals surface area contributed by atoms with Crippen LogP contribution in [0.4, 0.5) is 10.1 Å². The summed E-state index contributed by atoms with van der Waals surface area (Å²) in [5.74, 6) is -0.564. The molecule has 0 aliphatic heterocycles. The quantitative estimate of drug-likeness (QED) is 0.521. The highest BCUT2D eigenvalue weighted by atomic mass is 19.1. The summed E-state index contributed by atoms with van der Waals surface area (Å²) in [6, 6.07) is 8.07. The van der Waals surface area contributed by atoms with Crippen molar-refractivity contribution in [2.45, 2.75) is 39.7 Å². The van der Waals surface area contributed by atoms with Gasteiger partial charge in [-0.05, 0) is 50.1 Å². The number of aromatic nitrogens is 5. The Hall–Kier alpha value is -3.55. The number of benzene rings is 1. The Bertz CT molecular complexity index is 1210. The molecule has 4 rings (SSSR count). The van der Waals surface area contributed by atoms with E-state index in [0.29, 0.717) is 16.9 Å². The normalized spacial score (nSPS) is 11.6. The molecule has 0 atom stereocenters. The molecule has 0 aliphatic carbocycles. The third kappa shape index (κ3) is 3.56. The Labute approximate surface area is 173 Å². The first-order chi connectivity index (χ1) is 14.3. The van der Waals surface area contributed by atoms with E-state index >= 15 is 0 Å². The summed E-state index contributed by atoms with van der Waals surface area (Å²) in [6.45, 7) is 8.05. The Kier molecular flexibility index (Phi) is 5.07. The van der Waals surface area contributed by atoms with Gasteiger partial charge in [0.15, 0.2) is 5.65 Å². The van der Waals surface area contributed by atoms with Gasteiger partial charge in [0.25, 0.3) is 5.91 Å². The summed E-state index contributed by atoms with van der Waals surface area (Å²) < 4.78 is 16.8. The molecule has 30 heavy (non-hydrogen) atoms. The van der Waals surface area contributed by atoms with Crippen molar-refractivity contribution in [1.82, 2.24) is 24.5 Å². The van der Waals surface area contributed by atoms with E-state index in [9.17, 15) is 9.18 Å². The largest absolute Gasteiger partial charge is 0.320 e. The monoisotopic (exact) mass is 406 g/mol. The molecule has 0 aliphatic rings. The summed E-state index contributed by atoms with van der Waals surface area (Å²) in [4.78, 5) is 17.5. The Morgan fingerprint density at radius 3 is 2.43 bits per heavy atom. The van der Waals surface area contributed by atoms with E-state index in [4.69, 9.17) is 0 Å². The molecule has 4 aromatic rings. The van der Waals surface area contributed by atoms with Crippen LogP contribution < -0.4 is 5.32 Å². The molecule has 7 nitrogen and oxygen atoms in total. The van der Waals surface area contributed by atoms with Crippen LogP contribution in [-0.4, -0.2) is 30.5 Å².